The fourth-order valence-corrected chi connectivity index (χ4v) is 3.79. The highest BCUT2D eigenvalue weighted by Crippen LogP contribution is 2.40. The zero-order valence-electron chi connectivity index (χ0n) is 16.0. The number of nitrogens with two attached hydrogens (primary N) is 1. The fraction of sp³-hybridized carbons (Fsp3) is 0.182. The summed E-state index contributed by atoms with van der Waals surface area (Å²) in [5, 5.41) is 4.98. The Kier molecular flexibility index (Phi) is 4.79. The quantitative estimate of drug-likeness (QED) is 0.665. The normalized spacial score (nSPS) is 13.1. The van der Waals surface area contributed by atoms with Gasteiger partial charge in [-0.1, -0.05) is 29.8 Å². The van der Waals surface area contributed by atoms with Crippen LogP contribution in [0, 0.1) is 13.5 Å². The number of aromatic nitrogens is 2. The van der Waals surface area contributed by atoms with Gasteiger partial charge in [0.05, 0.1) is 24.2 Å². The number of hydrogen-bond acceptors (Lipinski definition) is 4. The number of nitrogens with zero attached hydrogens (tertiary/aromatic N) is 4. The Morgan fingerprint density at radius 1 is 1.21 bits per heavy atom. The van der Waals surface area contributed by atoms with Gasteiger partial charge in [0.1, 0.15) is 6.54 Å². The van der Waals surface area contributed by atoms with Crippen molar-refractivity contribution in [2.75, 3.05) is 13.1 Å². The molecular weight excluding hydrogens is 386 g/mol. The number of hydrogen-bond donors (Lipinski definition) is 1. The van der Waals surface area contributed by atoms with Crippen molar-refractivity contribution in [2.45, 2.75) is 6.92 Å². The van der Waals surface area contributed by atoms with Gasteiger partial charge < -0.3 is 5.73 Å². The van der Waals surface area contributed by atoms with Crippen LogP contribution < -0.4 is 5.73 Å². The van der Waals surface area contributed by atoms with Gasteiger partial charge in [-0.15, -0.1) is 0 Å². The molecule has 2 N–H and O–H groups in total. The molecule has 0 atom stereocenters. The minimum Gasteiger partial charge on any atom is -0.325 e. The minimum absolute atomic E-state index is 0.0150. The van der Waals surface area contributed by atoms with Crippen LogP contribution in [-0.2, 0) is 7.05 Å². The van der Waals surface area contributed by atoms with Crippen molar-refractivity contribution in [3.8, 4) is 22.4 Å². The summed E-state index contributed by atoms with van der Waals surface area (Å²) in [6.07, 6.45) is 1.76. The van der Waals surface area contributed by atoms with Crippen LogP contribution in [-0.4, -0.2) is 34.4 Å². The van der Waals surface area contributed by atoms with Gasteiger partial charge in [-0.05, 0) is 30.2 Å². The molecule has 1 aromatic heterocycles. The molecule has 29 heavy (non-hydrogen) atoms. The Morgan fingerprint density at radius 3 is 2.72 bits per heavy atom. The Morgan fingerprint density at radius 2 is 2.00 bits per heavy atom. The van der Waals surface area contributed by atoms with Gasteiger partial charge in [0, 0.05) is 40.9 Å². The first-order chi connectivity index (χ1) is 13.9. The van der Waals surface area contributed by atoms with Gasteiger partial charge in [-0.25, -0.2) is 4.85 Å². The second-order valence-corrected chi connectivity index (χ2v) is 7.32. The standard InChI is InChI=1S/C22H18ClN5O/c1-12-6-16(19(25-2)8-18(12)23)22-17(10-27-28(22)3)13-4-5-14-15(7-13)20(9-24)26-11-21(14)29/h4-8,10H,9,11,24H2,1,3H3. The number of fused-ring (bicyclic) bond motifs is 1. The molecule has 0 aliphatic carbocycles. The molecule has 7 heteroatoms. The third kappa shape index (κ3) is 3.15. The lowest BCUT2D eigenvalue weighted by molar-refractivity contribution is 0.1000. The minimum atomic E-state index is -0.0150. The summed E-state index contributed by atoms with van der Waals surface area (Å²) in [6.45, 7) is 9.87. The predicted octanol–water partition coefficient (Wildman–Crippen LogP) is 4.21. The highest BCUT2D eigenvalue weighted by Gasteiger charge is 2.23. The number of aryl methyl sites for hydroxylation is 2. The van der Waals surface area contributed by atoms with Gasteiger partial charge in [-0.3, -0.25) is 14.5 Å². The smallest absolute Gasteiger partial charge is 0.197 e. The number of aliphatic imine (C=N–C) groups is 1. The number of carbonyl (C=O) groups excluding carboxylic acids is 1. The molecule has 0 bridgehead atoms. The number of benzene rings is 2. The van der Waals surface area contributed by atoms with Crippen molar-refractivity contribution < 1.29 is 4.79 Å². The lowest BCUT2D eigenvalue weighted by Crippen LogP contribution is -2.24. The number of ketones is 1. The van der Waals surface area contributed by atoms with Gasteiger partial charge in [0.15, 0.2) is 11.5 Å². The van der Waals surface area contributed by atoms with E-state index in [0.717, 1.165) is 39.2 Å². The number of carbonyl (C=O) groups is 1. The van der Waals surface area contributed by atoms with Crippen molar-refractivity contribution in [1.29, 1.82) is 0 Å². The molecule has 0 amide bonds. The van der Waals surface area contributed by atoms with E-state index in [1.165, 1.54) is 0 Å². The maximum atomic E-state index is 12.2. The van der Waals surface area contributed by atoms with Crippen LogP contribution in [0.15, 0.2) is 41.5 Å². The molecule has 3 aromatic rings. The van der Waals surface area contributed by atoms with E-state index >= 15 is 0 Å². The molecule has 0 spiro atoms. The third-order valence-corrected chi connectivity index (χ3v) is 5.55. The number of Topliss-reactive ketones (excluding diaryl/α,β-unsaturated/α-hetero) is 1. The summed E-state index contributed by atoms with van der Waals surface area (Å²) in [5.41, 5.74) is 12.6. The van der Waals surface area contributed by atoms with Gasteiger partial charge in [0.2, 0.25) is 0 Å². The van der Waals surface area contributed by atoms with Crippen LogP contribution >= 0.6 is 11.6 Å². The van der Waals surface area contributed by atoms with Crippen LogP contribution in [0.3, 0.4) is 0 Å². The summed E-state index contributed by atoms with van der Waals surface area (Å²) in [7, 11) is 1.84. The van der Waals surface area contributed by atoms with Crippen LogP contribution in [0.5, 0.6) is 0 Å². The van der Waals surface area contributed by atoms with E-state index in [9.17, 15) is 4.79 Å². The van der Waals surface area contributed by atoms with E-state index in [1.807, 2.05) is 38.2 Å². The summed E-state index contributed by atoms with van der Waals surface area (Å²) in [4.78, 5) is 20.2. The molecule has 0 radical (unpaired) electrons. The van der Waals surface area contributed by atoms with Crippen molar-refractivity contribution in [1.82, 2.24) is 9.78 Å². The first-order valence-corrected chi connectivity index (χ1v) is 9.43. The first-order valence-electron chi connectivity index (χ1n) is 9.06. The fourth-order valence-electron chi connectivity index (χ4n) is 3.63. The van der Waals surface area contributed by atoms with E-state index in [-0.39, 0.29) is 18.9 Å². The highest BCUT2D eigenvalue weighted by atomic mass is 35.5. The topological polar surface area (TPSA) is 77.6 Å². The van der Waals surface area contributed by atoms with Gasteiger partial charge in [-0.2, -0.15) is 5.10 Å². The number of rotatable bonds is 3. The van der Waals surface area contributed by atoms with Gasteiger partial charge in [0.25, 0.3) is 0 Å². The lowest BCUT2D eigenvalue weighted by atomic mass is 9.91. The summed E-state index contributed by atoms with van der Waals surface area (Å²) < 4.78 is 1.75. The predicted molar refractivity (Wildman–Crippen MR) is 115 cm³/mol. The molecule has 6 nitrogen and oxygen atoms in total. The van der Waals surface area contributed by atoms with Crippen LogP contribution in [0.4, 0.5) is 5.69 Å². The first kappa shape index (κ1) is 19.1. The average Bonchev–Trinajstić information content (AvgIpc) is 3.11. The van der Waals surface area contributed by atoms with Crippen LogP contribution in [0.2, 0.25) is 5.02 Å². The van der Waals surface area contributed by atoms with E-state index in [0.29, 0.717) is 16.3 Å². The molecule has 0 saturated heterocycles. The van der Waals surface area contributed by atoms with E-state index in [2.05, 4.69) is 14.9 Å². The molecular formula is C22H18ClN5O. The maximum absolute atomic E-state index is 12.2. The Labute approximate surface area is 173 Å². The molecule has 144 valence electrons. The second-order valence-electron chi connectivity index (χ2n) is 6.91. The third-order valence-electron chi connectivity index (χ3n) is 5.14. The SMILES string of the molecule is [C-]#[N+]c1cc(Cl)c(C)cc1-c1c(-c2ccc3c(c2)C(CN)=NCC3=O)cnn1C. The van der Waals surface area contributed by atoms with Crippen molar-refractivity contribution in [2.24, 2.45) is 17.8 Å². The molecule has 2 aromatic carbocycles. The Hall–Kier alpha value is -3.27. The monoisotopic (exact) mass is 403 g/mol. The average molecular weight is 404 g/mol. The van der Waals surface area contributed by atoms with Crippen molar-refractivity contribution in [3.63, 3.8) is 0 Å². The Balaban J connectivity index is 1.93. The van der Waals surface area contributed by atoms with Gasteiger partial charge >= 0.3 is 0 Å². The van der Waals surface area contributed by atoms with Crippen LogP contribution in [0.1, 0.15) is 21.5 Å². The molecule has 1 aliphatic heterocycles. The zero-order chi connectivity index (χ0) is 20.7. The number of halogens is 1. The molecule has 0 fully saturated rings. The molecule has 0 saturated carbocycles. The second kappa shape index (κ2) is 7.28. The van der Waals surface area contributed by atoms with E-state index < -0.39 is 0 Å². The summed E-state index contributed by atoms with van der Waals surface area (Å²) in [6, 6.07) is 9.23. The van der Waals surface area contributed by atoms with E-state index in [4.69, 9.17) is 23.9 Å². The highest BCUT2D eigenvalue weighted by molar-refractivity contribution is 6.31. The maximum Gasteiger partial charge on any atom is 0.197 e. The molecule has 1 aliphatic rings. The molecule has 2 heterocycles. The van der Waals surface area contributed by atoms with Crippen molar-refractivity contribution >= 4 is 28.8 Å². The van der Waals surface area contributed by atoms with Crippen LogP contribution in [0.25, 0.3) is 27.2 Å². The molecule has 0 unspecified atom stereocenters. The van der Waals surface area contributed by atoms with Crippen molar-refractivity contribution in [3.05, 3.63) is 69.7 Å². The summed E-state index contributed by atoms with van der Waals surface area (Å²) >= 11 is 6.22. The zero-order valence-corrected chi connectivity index (χ0v) is 16.8. The summed E-state index contributed by atoms with van der Waals surface area (Å²) in [5.74, 6) is -0.0150. The van der Waals surface area contributed by atoms with E-state index in [1.54, 1.807) is 16.9 Å². The lowest BCUT2D eigenvalue weighted by Gasteiger charge is -2.17. The Bertz CT molecular complexity index is 1230. The largest absolute Gasteiger partial charge is 0.325 e. The molecule has 4 rings (SSSR count).